The summed E-state index contributed by atoms with van der Waals surface area (Å²) < 4.78 is 2.40. The van der Waals surface area contributed by atoms with Crippen molar-refractivity contribution in [3.63, 3.8) is 0 Å². The molecule has 4 aromatic carbocycles. The average Bonchev–Trinajstić information content (AvgIpc) is 3.56. The number of allylic oxidation sites excluding steroid dienone is 1. The predicted octanol–water partition coefficient (Wildman–Crippen LogP) is 2.69. The zero-order valence-electron chi connectivity index (χ0n) is 21.6. The molecule has 185 valence electrons. The van der Waals surface area contributed by atoms with Crippen molar-refractivity contribution in [1.82, 2.24) is 4.57 Å². The van der Waals surface area contributed by atoms with Crippen LogP contribution in [0.15, 0.2) is 109 Å². The first-order chi connectivity index (χ1) is 16.5. The number of fused-ring (bicyclic) bond motifs is 1. The molecule has 1 nitrogen and oxygen atoms in total. The van der Waals surface area contributed by atoms with E-state index in [1.807, 2.05) is 0 Å². The summed E-state index contributed by atoms with van der Waals surface area (Å²) in [5, 5.41) is 4.40. The van der Waals surface area contributed by atoms with Gasteiger partial charge in [0, 0.05) is 23.1 Å². The molecule has 1 atom stereocenters. The van der Waals surface area contributed by atoms with E-state index < -0.39 is 8.07 Å². The van der Waals surface area contributed by atoms with Crippen molar-refractivity contribution in [1.29, 1.82) is 0 Å². The van der Waals surface area contributed by atoms with E-state index in [4.69, 9.17) is 0 Å². The van der Waals surface area contributed by atoms with Crippen LogP contribution in [0.4, 0.5) is 0 Å². The molecule has 0 N–H and O–H groups in total. The minimum atomic E-state index is -1.17. The Hall–Kier alpha value is -2.03. The molecule has 1 radical (unpaired) electrons. The second-order valence-electron chi connectivity index (χ2n) is 10.2. The summed E-state index contributed by atoms with van der Waals surface area (Å²) in [7, 11) is -1.17. The molecule has 5 heteroatoms. The van der Waals surface area contributed by atoms with E-state index in [2.05, 4.69) is 135 Å². The molecule has 1 aromatic heterocycles. The molecule has 8 rings (SSSR count). The van der Waals surface area contributed by atoms with Crippen LogP contribution in [-0.4, -0.2) is 12.6 Å². The normalized spacial score (nSPS) is 15.8. The van der Waals surface area contributed by atoms with Crippen molar-refractivity contribution in [3.05, 3.63) is 126 Å². The van der Waals surface area contributed by atoms with E-state index in [0.717, 1.165) is 5.54 Å². The van der Waals surface area contributed by atoms with Crippen LogP contribution in [0.1, 0.15) is 29.3 Å². The minimum absolute atomic E-state index is 0. The van der Waals surface area contributed by atoms with Crippen LogP contribution in [0.5, 0.6) is 0 Å². The molecular formula is C32H30Cl2NSiZr. The molecule has 0 saturated carbocycles. The molecular weight excluding hydrogens is 589 g/mol. The third-order valence-corrected chi connectivity index (χ3v) is 11.8. The van der Waals surface area contributed by atoms with Crippen molar-refractivity contribution in [3.8, 4) is 16.8 Å². The Labute approximate surface area is 252 Å². The standard InChI is InChI=1S/C16H17NSi.C16H13.2ClH.Zr/c1-11-15-13-9-10-17(12-7-5-4-6-8-12)14(13)16(11)18(15,2)3;1-12-10-14-8-5-9-15(16(14)11-12)13-6-3-2-4-7-13;;;/h4-10,16H,1-3H3;2-11H,1H3;2*1H;/q;-1;;;+3/p-2. The number of para-hydroxylation sites is 1. The summed E-state index contributed by atoms with van der Waals surface area (Å²) in [6, 6.07) is 34.6. The Morgan fingerprint density at radius 3 is 2.05 bits per heavy atom. The summed E-state index contributed by atoms with van der Waals surface area (Å²) in [5.74, 6) is 0. The molecule has 5 aromatic rings. The largest absolute Gasteiger partial charge is 3.00 e. The maximum absolute atomic E-state index is 2.51. The first-order valence-electron chi connectivity index (χ1n) is 12.2. The van der Waals surface area contributed by atoms with Gasteiger partial charge in [0.05, 0.1) is 8.07 Å². The molecule has 37 heavy (non-hydrogen) atoms. The smallest absolute Gasteiger partial charge is 1.00 e. The van der Waals surface area contributed by atoms with Gasteiger partial charge in [-0.05, 0) is 36.2 Å². The van der Waals surface area contributed by atoms with Gasteiger partial charge >= 0.3 is 26.2 Å². The molecule has 0 amide bonds. The fraction of sp³-hybridized carbons (Fsp3) is 0.156. The average molecular weight is 619 g/mol. The Kier molecular flexibility index (Phi) is 9.08. The summed E-state index contributed by atoms with van der Waals surface area (Å²) in [6.07, 6.45) is 2.24. The number of halogens is 2. The van der Waals surface area contributed by atoms with Crippen LogP contribution in [0.2, 0.25) is 13.1 Å². The number of hydrogen-bond acceptors (Lipinski definition) is 0. The van der Waals surface area contributed by atoms with Crippen LogP contribution >= 0.6 is 0 Å². The monoisotopic (exact) mass is 616 g/mol. The third kappa shape index (κ3) is 4.81. The van der Waals surface area contributed by atoms with E-state index in [9.17, 15) is 0 Å². The van der Waals surface area contributed by atoms with Crippen LogP contribution in [-0.2, 0) is 26.2 Å². The Bertz CT molecular complexity index is 1550. The van der Waals surface area contributed by atoms with Gasteiger partial charge in [-0.15, -0.1) is 34.5 Å². The van der Waals surface area contributed by atoms with Gasteiger partial charge in [0.1, 0.15) is 0 Å². The van der Waals surface area contributed by atoms with Crippen molar-refractivity contribution in [2.24, 2.45) is 0 Å². The number of aryl methyl sites for hydroxylation is 1. The quantitative estimate of drug-likeness (QED) is 0.212. The number of hydrogen-bond donors (Lipinski definition) is 0. The summed E-state index contributed by atoms with van der Waals surface area (Å²) in [5.41, 5.74) is 10.7. The van der Waals surface area contributed by atoms with Gasteiger partial charge < -0.3 is 29.4 Å². The molecule has 1 aliphatic carbocycles. The van der Waals surface area contributed by atoms with Crippen LogP contribution < -0.4 is 24.8 Å². The number of nitrogens with zero attached hydrogens (tertiary/aromatic N) is 1. The Morgan fingerprint density at radius 1 is 0.757 bits per heavy atom. The van der Waals surface area contributed by atoms with Crippen molar-refractivity contribution in [2.75, 3.05) is 0 Å². The number of rotatable bonds is 2. The summed E-state index contributed by atoms with van der Waals surface area (Å²) in [6.45, 7) is 9.49. The zero-order valence-corrected chi connectivity index (χ0v) is 26.6. The molecule has 2 bridgehead atoms. The fourth-order valence-corrected chi connectivity index (χ4v) is 10.7. The molecule has 3 aliphatic rings. The molecule has 2 aliphatic heterocycles. The van der Waals surface area contributed by atoms with E-state index in [0.29, 0.717) is 0 Å². The van der Waals surface area contributed by atoms with Crippen LogP contribution in [0, 0.1) is 6.92 Å². The van der Waals surface area contributed by atoms with Crippen molar-refractivity contribution < 1.29 is 51.0 Å². The van der Waals surface area contributed by atoms with Gasteiger partial charge in [-0.2, -0.15) is 6.07 Å². The second kappa shape index (κ2) is 11.4. The summed E-state index contributed by atoms with van der Waals surface area (Å²) >= 11 is 0. The minimum Gasteiger partial charge on any atom is -1.00 e. The SMILES string of the molecule is CC1=C2c3ccn(-c4ccccc4)c3C1[Si]2(C)C.Cc1cc2c(-c3ccccc3)cccc2[cH-]1.[Cl-].[Cl-].[Zr+3]. The van der Waals surface area contributed by atoms with E-state index in [1.165, 1.54) is 38.7 Å². The molecule has 0 saturated heterocycles. The second-order valence-corrected chi connectivity index (χ2v) is 14.8. The van der Waals surface area contributed by atoms with E-state index >= 15 is 0 Å². The van der Waals surface area contributed by atoms with Crippen LogP contribution in [0.25, 0.3) is 32.8 Å². The van der Waals surface area contributed by atoms with Gasteiger partial charge in [0.2, 0.25) is 0 Å². The van der Waals surface area contributed by atoms with Crippen molar-refractivity contribution in [2.45, 2.75) is 32.5 Å². The van der Waals surface area contributed by atoms with Gasteiger partial charge in [0.15, 0.2) is 0 Å². The topological polar surface area (TPSA) is 4.93 Å². The first-order valence-corrected chi connectivity index (χ1v) is 15.2. The molecule has 1 unspecified atom stereocenters. The van der Waals surface area contributed by atoms with Gasteiger partial charge in [-0.25, -0.2) is 0 Å². The number of aromatic nitrogens is 1. The molecule has 0 fully saturated rings. The Balaban J connectivity index is 0.000000191. The van der Waals surface area contributed by atoms with E-state index in [1.54, 1.807) is 16.5 Å². The predicted molar refractivity (Wildman–Crippen MR) is 148 cm³/mol. The van der Waals surface area contributed by atoms with Gasteiger partial charge in [0.25, 0.3) is 0 Å². The van der Waals surface area contributed by atoms with Gasteiger partial charge in [-0.3, -0.25) is 0 Å². The molecule has 0 spiro atoms. The molecule has 3 heterocycles. The Morgan fingerprint density at radius 2 is 1.41 bits per heavy atom. The van der Waals surface area contributed by atoms with Gasteiger partial charge in [-0.1, -0.05) is 90.9 Å². The first kappa shape index (κ1) is 29.5. The zero-order chi connectivity index (χ0) is 23.4. The van der Waals surface area contributed by atoms with Crippen molar-refractivity contribution >= 4 is 24.0 Å². The maximum Gasteiger partial charge on any atom is 3.00 e. The number of benzene rings is 3. The van der Waals surface area contributed by atoms with Crippen LogP contribution in [0.3, 0.4) is 0 Å². The maximum atomic E-state index is 2.51. The summed E-state index contributed by atoms with van der Waals surface area (Å²) in [4.78, 5) is 0. The fourth-order valence-electron chi connectivity index (χ4n) is 6.39. The van der Waals surface area contributed by atoms with E-state index in [-0.39, 0.29) is 51.0 Å². The third-order valence-electron chi connectivity index (χ3n) is 7.68.